The lowest BCUT2D eigenvalue weighted by molar-refractivity contribution is -0.145. The zero-order chi connectivity index (χ0) is 19.6. The summed E-state index contributed by atoms with van der Waals surface area (Å²) in [5.41, 5.74) is 0.779. The van der Waals surface area contributed by atoms with E-state index < -0.39 is 0 Å². The van der Waals surface area contributed by atoms with Crippen molar-refractivity contribution in [2.24, 2.45) is 4.99 Å². The highest BCUT2D eigenvalue weighted by Gasteiger charge is 2.40. The van der Waals surface area contributed by atoms with Crippen molar-refractivity contribution in [3.63, 3.8) is 0 Å². The van der Waals surface area contributed by atoms with E-state index in [9.17, 15) is 4.79 Å². The Balaban J connectivity index is 1.75. The molecule has 3 heterocycles. The largest absolute Gasteiger partial charge is 0.356 e. The first-order valence-electron chi connectivity index (χ1n) is 10.2. The predicted molar refractivity (Wildman–Crippen MR) is 108 cm³/mol. The summed E-state index contributed by atoms with van der Waals surface area (Å²) in [6.07, 6.45) is 5.64. The van der Waals surface area contributed by atoms with Gasteiger partial charge in [-0.15, -0.1) is 0 Å². The van der Waals surface area contributed by atoms with Crippen LogP contribution in [0.15, 0.2) is 11.2 Å². The summed E-state index contributed by atoms with van der Waals surface area (Å²) in [5, 5.41) is 3.36. The smallest absolute Gasteiger partial charge is 0.242 e. The summed E-state index contributed by atoms with van der Waals surface area (Å²) in [7, 11) is 0. The molecule has 1 aromatic heterocycles. The average molecular weight is 375 g/mol. The summed E-state index contributed by atoms with van der Waals surface area (Å²) in [5.74, 6) is 2.14. The van der Waals surface area contributed by atoms with Crippen LogP contribution in [0.1, 0.15) is 59.0 Å². The topological polar surface area (TPSA) is 65.8 Å². The van der Waals surface area contributed by atoms with Gasteiger partial charge in [-0.2, -0.15) is 0 Å². The molecule has 1 fully saturated rings. The van der Waals surface area contributed by atoms with Gasteiger partial charge in [0.1, 0.15) is 5.82 Å². The minimum atomic E-state index is -0.229. The molecule has 3 rings (SSSR count). The van der Waals surface area contributed by atoms with E-state index in [-0.39, 0.29) is 17.5 Å². The van der Waals surface area contributed by atoms with Gasteiger partial charge in [0.2, 0.25) is 5.91 Å². The first kappa shape index (κ1) is 19.7. The van der Waals surface area contributed by atoms with E-state index in [1.54, 1.807) is 0 Å². The van der Waals surface area contributed by atoms with Crippen molar-refractivity contribution in [1.29, 1.82) is 0 Å². The van der Waals surface area contributed by atoms with Gasteiger partial charge in [0, 0.05) is 38.3 Å². The Bertz CT molecular complexity index is 682. The summed E-state index contributed by atoms with van der Waals surface area (Å²) in [6.45, 7) is 14.0. The number of amides is 1. The Morgan fingerprint density at radius 2 is 2.15 bits per heavy atom. The molecule has 0 aliphatic carbocycles. The normalized spacial score (nSPS) is 20.2. The molecule has 27 heavy (non-hydrogen) atoms. The molecule has 0 saturated carbocycles. The molecule has 0 radical (unpaired) electrons. The van der Waals surface area contributed by atoms with E-state index in [1.807, 2.05) is 4.90 Å². The molecule has 0 bridgehead atoms. The number of aromatic nitrogens is 2. The zero-order valence-corrected chi connectivity index (χ0v) is 17.5. The molecule has 1 saturated heterocycles. The minimum absolute atomic E-state index is 0.157. The lowest BCUT2D eigenvalue weighted by Gasteiger charge is -2.49. The molecule has 150 valence electrons. The van der Waals surface area contributed by atoms with E-state index in [4.69, 9.17) is 9.98 Å². The summed E-state index contributed by atoms with van der Waals surface area (Å²) in [6, 6.07) is 0.200. The third-order valence-electron chi connectivity index (χ3n) is 5.32. The number of rotatable bonds is 4. The van der Waals surface area contributed by atoms with Crippen molar-refractivity contribution in [3.05, 3.63) is 17.7 Å². The SMILES string of the molecule is CCNC(=NCc1cn2c(n1)CCCC2)N1CC(=O)N(C(C)C)C(C)(C)C1. The highest BCUT2D eigenvalue weighted by Crippen LogP contribution is 2.24. The molecule has 1 aromatic rings. The van der Waals surface area contributed by atoms with Gasteiger partial charge >= 0.3 is 0 Å². The number of imidazole rings is 1. The standard InChI is InChI=1S/C20H34N6O/c1-6-21-19(22-11-16-12-24-10-8-7-9-17(24)23-16)25-13-18(27)26(15(2)3)20(4,5)14-25/h12,15H,6-11,13-14H2,1-5H3,(H,21,22). The van der Waals surface area contributed by atoms with Gasteiger partial charge in [-0.25, -0.2) is 9.98 Å². The molecular weight excluding hydrogens is 340 g/mol. The van der Waals surface area contributed by atoms with Crippen LogP contribution in [0.5, 0.6) is 0 Å². The van der Waals surface area contributed by atoms with Crippen molar-refractivity contribution >= 4 is 11.9 Å². The average Bonchev–Trinajstić information content (AvgIpc) is 2.99. The van der Waals surface area contributed by atoms with E-state index in [0.29, 0.717) is 13.1 Å². The Hall–Kier alpha value is -2.05. The fraction of sp³-hybridized carbons (Fsp3) is 0.750. The van der Waals surface area contributed by atoms with Crippen LogP contribution in [0.25, 0.3) is 0 Å². The van der Waals surface area contributed by atoms with Gasteiger partial charge < -0.3 is 19.7 Å². The Kier molecular flexibility index (Phi) is 5.77. The van der Waals surface area contributed by atoms with Crippen LogP contribution in [0.3, 0.4) is 0 Å². The van der Waals surface area contributed by atoms with E-state index in [0.717, 1.165) is 37.7 Å². The van der Waals surface area contributed by atoms with Gasteiger partial charge in [0.05, 0.1) is 24.3 Å². The van der Waals surface area contributed by atoms with Crippen molar-refractivity contribution in [1.82, 2.24) is 24.7 Å². The highest BCUT2D eigenvalue weighted by atomic mass is 16.2. The number of hydrogen-bond donors (Lipinski definition) is 1. The van der Waals surface area contributed by atoms with Crippen LogP contribution in [0, 0.1) is 0 Å². The molecule has 0 atom stereocenters. The fourth-order valence-electron chi connectivity index (χ4n) is 4.44. The molecular formula is C20H34N6O. The van der Waals surface area contributed by atoms with Crippen molar-refractivity contribution in [3.8, 4) is 0 Å². The van der Waals surface area contributed by atoms with Gasteiger partial charge in [0.15, 0.2) is 5.96 Å². The summed E-state index contributed by atoms with van der Waals surface area (Å²) >= 11 is 0. The number of carbonyl (C=O) groups is 1. The Morgan fingerprint density at radius 3 is 2.78 bits per heavy atom. The first-order chi connectivity index (χ1) is 12.8. The number of aryl methyl sites for hydroxylation is 2. The second-order valence-corrected chi connectivity index (χ2v) is 8.50. The lowest BCUT2D eigenvalue weighted by Crippen LogP contribution is -2.66. The number of guanidine groups is 1. The van der Waals surface area contributed by atoms with Crippen molar-refractivity contribution < 1.29 is 4.79 Å². The van der Waals surface area contributed by atoms with Gasteiger partial charge in [-0.3, -0.25) is 4.79 Å². The molecule has 2 aliphatic rings. The van der Waals surface area contributed by atoms with E-state index in [1.165, 1.54) is 18.7 Å². The third-order valence-corrected chi connectivity index (χ3v) is 5.32. The predicted octanol–water partition coefficient (Wildman–Crippen LogP) is 2.02. The molecule has 1 amide bonds. The van der Waals surface area contributed by atoms with Crippen LogP contribution in [-0.4, -0.2) is 62.4 Å². The van der Waals surface area contributed by atoms with Gasteiger partial charge in [-0.1, -0.05) is 0 Å². The van der Waals surface area contributed by atoms with Crippen LogP contribution in [-0.2, 0) is 24.3 Å². The monoisotopic (exact) mass is 374 g/mol. The number of hydrogen-bond acceptors (Lipinski definition) is 3. The summed E-state index contributed by atoms with van der Waals surface area (Å²) < 4.78 is 2.26. The quantitative estimate of drug-likeness (QED) is 0.647. The lowest BCUT2D eigenvalue weighted by atomic mass is 9.96. The second-order valence-electron chi connectivity index (χ2n) is 8.50. The third kappa shape index (κ3) is 4.28. The maximum Gasteiger partial charge on any atom is 0.242 e. The number of carbonyl (C=O) groups excluding carboxylic acids is 1. The van der Waals surface area contributed by atoms with Crippen molar-refractivity contribution in [2.75, 3.05) is 19.6 Å². The van der Waals surface area contributed by atoms with Crippen LogP contribution < -0.4 is 5.32 Å². The Morgan fingerprint density at radius 1 is 1.37 bits per heavy atom. The van der Waals surface area contributed by atoms with Crippen LogP contribution >= 0.6 is 0 Å². The molecule has 7 nitrogen and oxygen atoms in total. The van der Waals surface area contributed by atoms with Crippen molar-refractivity contribution in [2.45, 2.75) is 78.6 Å². The van der Waals surface area contributed by atoms with Gasteiger partial charge in [-0.05, 0) is 47.5 Å². The molecule has 0 spiro atoms. The number of piperazine rings is 1. The number of nitrogens with zero attached hydrogens (tertiary/aromatic N) is 5. The van der Waals surface area contributed by atoms with Gasteiger partial charge in [0.25, 0.3) is 0 Å². The summed E-state index contributed by atoms with van der Waals surface area (Å²) in [4.78, 5) is 26.4. The van der Waals surface area contributed by atoms with Crippen LogP contribution in [0.2, 0.25) is 0 Å². The van der Waals surface area contributed by atoms with E-state index in [2.05, 4.69) is 55.6 Å². The number of nitrogens with one attached hydrogen (secondary N) is 1. The maximum atomic E-state index is 12.8. The molecule has 7 heteroatoms. The maximum absolute atomic E-state index is 12.8. The van der Waals surface area contributed by atoms with Crippen LogP contribution in [0.4, 0.5) is 0 Å². The Labute approximate surface area is 162 Å². The highest BCUT2D eigenvalue weighted by molar-refractivity contribution is 5.88. The number of fused-ring (bicyclic) bond motifs is 1. The second kappa shape index (κ2) is 7.90. The minimum Gasteiger partial charge on any atom is -0.356 e. The zero-order valence-electron chi connectivity index (χ0n) is 17.5. The first-order valence-corrected chi connectivity index (χ1v) is 10.2. The molecule has 1 N–H and O–H groups in total. The van der Waals surface area contributed by atoms with E-state index >= 15 is 0 Å². The molecule has 0 unspecified atom stereocenters. The molecule has 0 aromatic carbocycles. The fourth-order valence-corrected chi connectivity index (χ4v) is 4.44. The molecule has 2 aliphatic heterocycles. The number of aliphatic imine (C=N–C) groups is 1.